The van der Waals surface area contributed by atoms with Crippen molar-refractivity contribution >= 4 is 17.0 Å². The molecule has 1 aliphatic rings. The summed E-state index contributed by atoms with van der Waals surface area (Å²) in [5, 5.41) is 5.39. The maximum Gasteiger partial charge on any atom is 0.0526 e. The molecule has 1 aromatic carbocycles. The molecule has 20 heavy (non-hydrogen) atoms. The van der Waals surface area contributed by atoms with Crippen molar-refractivity contribution < 1.29 is 0 Å². The maximum absolute atomic E-state index is 3.22. The van der Waals surface area contributed by atoms with Gasteiger partial charge < -0.3 is 10.2 Å². The second-order valence-electron chi connectivity index (χ2n) is 5.59. The van der Waals surface area contributed by atoms with Gasteiger partial charge in [0.15, 0.2) is 0 Å². The summed E-state index contributed by atoms with van der Waals surface area (Å²) in [6.45, 7) is 4.22. The van der Waals surface area contributed by atoms with Crippen molar-refractivity contribution in [3.05, 3.63) is 51.7 Å². The Morgan fingerprint density at radius 3 is 2.75 bits per heavy atom. The minimum absolute atomic E-state index is 0.742. The average Bonchev–Trinajstić information content (AvgIpc) is 3.15. The van der Waals surface area contributed by atoms with Crippen LogP contribution in [0.3, 0.4) is 0 Å². The van der Waals surface area contributed by atoms with Gasteiger partial charge in [-0.3, -0.25) is 0 Å². The number of rotatable bonds is 6. The Morgan fingerprint density at radius 1 is 1.30 bits per heavy atom. The monoisotopic (exact) mass is 286 g/mol. The van der Waals surface area contributed by atoms with Gasteiger partial charge in [0, 0.05) is 23.2 Å². The van der Waals surface area contributed by atoms with Crippen LogP contribution in [0.1, 0.15) is 28.8 Å². The zero-order valence-electron chi connectivity index (χ0n) is 12.2. The lowest BCUT2D eigenvalue weighted by atomic mass is 10.1. The van der Waals surface area contributed by atoms with Crippen LogP contribution >= 0.6 is 11.3 Å². The van der Waals surface area contributed by atoms with E-state index in [4.69, 9.17) is 0 Å². The number of hydrogen-bond donors (Lipinski definition) is 1. The van der Waals surface area contributed by atoms with Crippen molar-refractivity contribution in [1.29, 1.82) is 0 Å². The van der Waals surface area contributed by atoms with Crippen molar-refractivity contribution in [2.45, 2.75) is 38.9 Å². The molecule has 1 saturated carbocycles. The highest BCUT2D eigenvalue weighted by Crippen LogP contribution is 2.35. The molecule has 106 valence electrons. The number of benzene rings is 1. The molecule has 0 spiro atoms. The Balaban J connectivity index is 1.83. The first-order chi connectivity index (χ1) is 9.78. The molecule has 2 aromatic rings. The molecule has 0 saturated heterocycles. The quantitative estimate of drug-likeness (QED) is 0.865. The van der Waals surface area contributed by atoms with Gasteiger partial charge in [-0.2, -0.15) is 0 Å². The van der Waals surface area contributed by atoms with Gasteiger partial charge in [-0.15, -0.1) is 11.3 Å². The van der Waals surface area contributed by atoms with E-state index in [9.17, 15) is 0 Å². The van der Waals surface area contributed by atoms with E-state index < -0.39 is 0 Å². The molecule has 0 unspecified atom stereocenters. The van der Waals surface area contributed by atoms with E-state index in [2.05, 4.69) is 52.9 Å². The second kappa shape index (κ2) is 5.98. The summed E-state index contributed by atoms with van der Waals surface area (Å²) < 4.78 is 0. The third-order valence-corrected chi connectivity index (χ3v) is 4.71. The van der Waals surface area contributed by atoms with Gasteiger partial charge in [-0.25, -0.2) is 0 Å². The third kappa shape index (κ3) is 3.05. The summed E-state index contributed by atoms with van der Waals surface area (Å²) in [6, 6.07) is 12.0. The highest BCUT2D eigenvalue weighted by molar-refractivity contribution is 7.09. The zero-order valence-corrected chi connectivity index (χ0v) is 13.0. The fourth-order valence-corrected chi connectivity index (χ4v) is 3.42. The normalized spacial score (nSPS) is 14.5. The molecule has 0 bridgehead atoms. The SMILES string of the molecule is CNCc1ccc(N(Cc2cccs2)C2CC2)c(C)c1. The lowest BCUT2D eigenvalue weighted by Crippen LogP contribution is -2.25. The number of hydrogen-bond acceptors (Lipinski definition) is 3. The van der Waals surface area contributed by atoms with Gasteiger partial charge in [0.1, 0.15) is 0 Å². The summed E-state index contributed by atoms with van der Waals surface area (Å²) in [5.41, 5.74) is 4.16. The molecular formula is C17H22N2S. The highest BCUT2D eigenvalue weighted by Gasteiger charge is 2.30. The lowest BCUT2D eigenvalue weighted by Gasteiger charge is -2.26. The number of nitrogens with one attached hydrogen (secondary N) is 1. The summed E-state index contributed by atoms with van der Waals surface area (Å²) >= 11 is 1.86. The molecule has 1 heterocycles. The van der Waals surface area contributed by atoms with Gasteiger partial charge in [0.2, 0.25) is 0 Å². The Morgan fingerprint density at radius 2 is 2.15 bits per heavy atom. The van der Waals surface area contributed by atoms with Crippen LogP contribution in [0.15, 0.2) is 35.7 Å². The molecular weight excluding hydrogens is 264 g/mol. The Bertz CT molecular complexity index is 558. The van der Waals surface area contributed by atoms with Crippen LogP contribution < -0.4 is 10.2 Å². The standard InChI is InChI=1S/C17H22N2S/c1-13-10-14(11-18-2)5-8-17(13)19(15-6-7-15)12-16-4-3-9-20-16/h3-5,8-10,15,18H,6-7,11-12H2,1-2H3. The van der Waals surface area contributed by atoms with Gasteiger partial charge in [-0.1, -0.05) is 18.2 Å². The van der Waals surface area contributed by atoms with Gasteiger partial charge >= 0.3 is 0 Å². The topological polar surface area (TPSA) is 15.3 Å². The molecule has 1 aromatic heterocycles. The van der Waals surface area contributed by atoms with E-state index in [0.29, 0.717) is 0 Å². The fourth-order valence-electron chi connectivity index (χ4n) is 2.72. The Labute approximate surface area is 125 Å². The Kier molecular flexibility index (Phi) is 4.08. The lowest BCUT2D eigenvalue weighted by molar-refractivity contribution is 0.793. The summed E-state index contributed by atoms with van der Waals surface area (Å²) in [6.07, 6.45) is 2.67. The fraction of sp³-hybridized carbons (Fsp3) is 0.412. The van der Waals surface area contributed by atoms with Crippen LogP contribution in [-0.2, 0) is 13.1 Å². The van der Waals surface area contributed by atoms with Crippen LogP contribution in [0.2, 0.25) is 0 Å². The van der Waals surface area contributed by atoms with Crippen molar-refractivity contribution in [3.8, 4) is 0 Å². The first-order valence-electron chi connectivity index (χ1n) is 7.31. The minimum atomic E-state index is 0.742. The molecule has 0 aliphatic heterocycles. The van der Waals surface area contributed by atoms with Crippen LogP contribution in [0.25, 0.3) is 0 Å². The molecule has 1 N–H and O–H groups in total. The van der Waals surface area contributed by atoms with Gasteiger partial charge in [0.25, 0.3) is 0 Å². The number of thiophene rings is 1. The average molecular weight is 286 g/mol. The first-order valence-corrected chi connectivity index (χ1v) is 8.19. The van der Waals surface area contributed by atoms with Gasteiger partial charge in [-0.05, 0) is 55.5 Å². The predicted molar refractivity (Wildman–Crippen MR) is 87.5 cm³/mol. The Hall–Kier alpha value is -1.32. The van der Waals surface area contributed by atoms with Crippen LogP contribution in [0.5, 0.6) is 0 Å². The van der Waals surface area contributed by atoms with E-state index >= 15 is 0 Å². The largest absolute Gasteiger partial charge is 0.363 e. The number of aryl methyl sites for hydroxylation is 1. The molecule has 0 amide bonds. The zero-order chi connectivity index (χ0) is 13.9. The minimum Gasteiger partial charge on any atom is -0.363 e. The highest BCUT2D eigenvalue weighted by atomic mass is 32.1. The second-order valence-corrected chi connectivity index (χ2v) is 6.62. The van der Waals surface area contributed by atoms with Crippen LogP contribution in [0.4, 0.5) is 5.69 Å². The van der Waals surface area contributed by atoms with Gasteiger partial charge in [0.05, 0.1) is 6.54 Å². The van der Waals surface area contributed by atoms with Crippen molar-refractivity contribution in [1.82, 2.24) is 5.32 Å². The number of nitrogens with zero attached hydrogens (tertiary/aromatic N) is 1. The molecule has 3 rings (SSSR count). The molecule has 3 heteroatoms. The van der Waals surface area contributed by atoms with Crippen LogP contribution in [0, 0.1) is 6.92 Å². The first kappa shape index (κ1) is 13.7. The van der Waals surface area contributed by atoms with Crippen molar-refractivity contribution in [3.63, 3.8) is 0 Å². The molecule has 1 fully saturated rings. The summed E-state index contributed by atoms with van der Waals surface area (Å²) in [5.74, 6) is 0. The molecule has 1 aliphatic carbocycles. The predicted octanol–water partition coefficient (Wildman–Crippen LogP) is 3.94. The summed E-state index contributed by atoms with van der Waals surface area (Å²) in [7, 11) is 2.00. The van der Waals surface area contributed by atoms with Crippen molar-refractivity contribution in [2.75, 3.05) is 11.9 Å². The molecule has 2 nitrogen and oxygen atoms in total. The van der Waals surface area contributed by atoms with E-state index in [1.807, 2.05) is 18.4 Å². The van der Waals surface area contributed by atoms with E-state index in [1.54, 1.807) is 0 Å². The third-order valence-electron chi connectivity index (χ3n) is 3.85. The summed E-state index contributed by atoms with van der Waals surface area (Å²) in [4.78, 5) is 4.04. The number of anilines is 1. The molecule has 0 radical (unpaired) electrons. The van der Waals surface area contributed by atoms with E-state index in [-0.39, 0.29) is 0 Å². The van der Waals surface area contributed by atoms with Crippen molar-refractivity contribution in [2.24, 2.45) is 0 Å². The van der Waals surface area contributed by atoms with E-state index in [0.717, 1.165) is 19.1 Å². The van der Waals surface area contributed by atoms with E-state index in [1.165, 1.54) is 34.5 Å². The smallest absolute Gasteiger partial charge is 0.0526 e. The van der Waals surface area contributed by atoms with Crippen LogP contribution in [-0.4, -0.2) is 13.1 Å². The maximum atomic E-state index is 3.22. The molecule has 0 atom stereocenters.